The van der Waals surface area contributed by atoms with E-state index >= 15 is 0 Å². The summed E-state index contributed by atoms with van der Waals surface area (Å²) in [5.74, 6) is -8.88. The summed E-state index contributed by atoms with van der Waals surface area (Å²) in [6.45, 7) is -0.302. The van der Waals surface area contributed by atoms with Gasteiger partial charge in [0, 0.05) is 35.0 Å². The van der Waals surface area contributed by atoms with E-state index in [-0.39, 0.29) is 0 Å². The predicted octanol–water partition coefficient (Wildman–Crippen LogP) is -16.1. The van der Waals surface area contributed by atoms with Crippen molar-refractivity contribution in [2.45, 2.75) is 205 Å². The number of hydrogen-bond acceptors (Lipinski definition) is 34. The van der Waals surface area contributed by atoms with E-state index in [1.165, 1.54) is 0 Å². The number of carboxylic acid groups (broad SMARTS) is 3. The number of ether oxygens (including phenoxy) is 13. The third kappa shape index (κ3) is 14.3. The van der Waals surface area contributed by atoms with Gasteiger partial charge in [-0.05, 0) is 0 Å². The first kappa shape index (κ1) is 66.0. The van der Waals surface area contributed by atoms with Crippen LogP contribution < -0.4 is 31.3 Å². The summed E-state index contributed by atoms with van der Waals surface area (Å²) in [6, 6.07) is -5.26. The monoisotopic (exact) mass is 1180 g/mol. The first-order valence-electron chi connectivity index (χ1n) is 24.8. The number of methoxy groups -OCH3 is 2. The Morgan fingerprint density at radius 1 is 0.358 bits per heavy atom. The highest BCUT2D eigenvalue weighted by Gasteiger charge is 2.59. The zero-order valence-corrected chi connectivity index (χ0v) is 43.3. The highest BCUT2D eigenvalue weighted by Crippen LogP contribution is 2.37. The van der Waals surface area contributed by atoms with E-state index in [9.17, 15) is 105 Å². The highest BCUT2D eigenvalue weighted by atomic mass is 16.8. The zero-order chi connectivity index (χ0) is 60.2. The first-order valence-corrected chi connectivity index (χ1v) is 24.8. The molecule has 0 bridgehead atoms. The number of nitrogens with one attached hydrogen (secondary N) is 3. The van der Waals surface area contributed by atoms with Crippen LogP contribution in [0.1, 0.15) is 20.8 Å². The standard InChI is InChI=1S/C44H69N3O34/c1-9(51)45-15-18(54)27(12(6-48)71-39(15)70-5)74-43-25(61)22(58)31(34(80-43)37(65)66)77-41-17(47-11(3)53)20(56)29(14(8-50)73-41)76-44-26(62)23(59)32(35(81-44)38(67)68)78-40-16(46-10(2)52)19(55)28(13(7-49)72-40)75-42-24(60)21(57)30(69-4)33(79-42)36(63)64/h12-35,39-44,48-50,54-62H,6-8H2,1-5H3,(H,45,51)(H,46,52)(H,47,53)(H,63,64)(H,65,66)(H,67,68)/p-3. The number of carboxylic acids is 3. The summed E-state index contributed by atoms with van der Waals surface area (Å²) in [5, 5.41) is 176. The smallest absolute Gasteiger partial charge is 0.217 e. The number of hydrogen-bond donors (Lipinski definition) is 15. The van der Waals surface area contributed by atoms with Gasteiger partial charge >= 0.3 is 0 Å². The van der Waals surface area contributed by atoms with Gasteiger partial charge in [0.15, 0.2) is 37.7 Å². The second kappa shape index (κ2) is 28.1. The molecule has 37 nitrogen and oxygen atoms in total. The van der Waals surface area contributed by atoms with Crippen molar-refractivity contribution in [3.8, 4) is 0 Å². The maximum absolute atomic E-state index is 12.7. The van der Waals surface area contributed by atoms with Crippen LogP contribution in [0.4, 0.5) is 0 Å². The maximum atomic E-state index is 12.7. The fourth-order valence-corrected chi connectivity index (χ4v) is 10.1. The molecule has 6 aliphatic rings. The lowest BCUT2D eigenvalue weighted by molar-refractivity contribution is -0.394. The van der Waals surface area contributed by atoms with Crippen molar-refractivity contribution in [3.05, 3.63) is 0 Å². The van der Waals surface area contributed by atoms with Crippen molar-refractivity contribution in [3.63, 3.8) is 0 Å². The summed E-state index contributed by atoms with van der Waals surface area (Å²) >= 11 is 0. The van der Waals surface area contributed by atoms with Crippen molar-refractivity contribution in [1.82, 2.24) is 16.0 Å². The lowest BCUT2D eigenvalue weighted by atomic mass is 9.93. The van der Waals surface area contributed by atoms with Crippen molar-refractivity contribution >= 4 is 35.6 Å². The lowest BCUT2D eigenvalue weighted by Gasteiger charge is -2.51. The second-order valence-electron chi connectivity index (χ2n) is 19.4. The van der Waals surface area contributed by atoms with Gasteiger partial charge < -0.3 is 169 Å². The summed E-state index contributed by atoms with van der Waals surface area (Å²) in [7, 11) is 2.14. The van der Waals surface area contributed by atoms with Crippen LogP contribution in [0.5, 0.6) is 0 Å². The van der Waals surface area contributed by atoms with Gasteiger partial charge in [-0.2, -0.15) is 0 Å². The molecule has 0 saturated carbocycles. The van der Waals surface area contributed by atoms with E-state index in [0.29, 0.717) is 0 Å². The molecule has 15 N–H and O–H groups in total. The number of carbonyl (C=O) groups is 6. The SMILES string of the molecule is COC1OC(CO)C(OC2OC(C(=O)[O-])C(OC3OC(CO)C(OC4OC(C(=O)[O-])C(OC5OC(CO)C(OC6OC(C(=O)[O-])C(OC)C(O)C6O)C(O)C5NC(C)=O)C(O)C4O)C(O)C3NC(C)=O)C(O)C2O)C(O)C1NC(C)=O. The average Bonchev–Trinajstić information content (AvgIpc) is 3.58. The largest absolute Gasteiger partial charge is 0.547 e. The van der Waals surface area contributed by atoms with Gasteiger partial charge in [0.2, 0.25) is 17.7 Å². The Morgan fingerprint density at radius 3 is 0.877 bits per heavy atom. The number of aliphatic hydroxyl groups excluding tert-OH is 12. The molecule has 0 aromatic rings. The average molecular weight is 1180 g/mol. The molecule has 6 heterocycles. The summed E-state index contributed by atoms with van der Waals surface area (Å²) in [6.07, 6.45) is -56.9. The molecule has 0 aliphatic carbocycles. The molecule has 464 valence electrons. The molecule has 3 amide bonds. The number of rotatable bonds is 21. The summed E-state index contributed by atoms with van der Waals surface area (Å²) < 4.78 is 71.6. The van der Waals surface area contributed by atoms with Crippen molar-refractivity contribution in [1.29, 1.82) is 0 Å². The third-order valence-corrected chi connectivity index (χ3v) is 14.0. The van der Waals surface area contributed by atoms with E-state index < -0.39 is 239 Å². The number of aliphatic hydroxyl groups is 12. The Bertz CT molecular complexity index is 2150. The molecule has 37 heteroatoms. The van der Waals surface area contributed by atoms with Gasteiger partial charge in [0.25, 0.3) is 0 Å². The van der Waals surface area contributed by atoms with Gasteiger partial charge in [-0.15, -0.1) is 0 Å². The number of amides is 3. The van der Waals surface area contributed by atoms with Crippen LogP contribution in [0.15, 0.2) is 0 Å². The third-order valence-electron chi connectivity index (χ3n) is 14.0. The highest BCUT2D eigenvalue weighted by molar-refractivity contribution is 5.74. The number of aliphatic carboxylic acids is 3. The second-order valence-corrected chi connectivity index (χ2v) is 19.4. The fraction of sp³-hybridized carbons (Fsp3) is 0.864. The summed E-state index contributed by atoms with van der Waals surface area (Å²) in [5.41, 5.74) is 0. The Balaban J connectivity index is 1.18. The van der Waals surface area contributed by atoms with E-state index in [1.54, 1.807) is 0 Å². The van der Waals surface area contributed by atoms with Crippen LogP contribution in [-0.4, -0.2) is 315 Å². The molecular formula is C44H66N3O34-3. The molecule has 0 aromatic carbocycles. The van der Waals surface area contributed by atoms with Gasteiger partial charge in [0.05, 0.1) is 37.7 Å². The topological polar surface area (TPSA) is 570 Å². The Kier molecular flexibility index (Phi) is 22.9. The molecule has 81 heavy (non-hydrogen) atoms. The van der Waals surface area contributed by atoms with Crippen LogP contribution in [0, 0.1) is 0 Å². The molecule has 6 rings (SSSR count). The molecule has 0 spiro atoms. The van der Waals surface area contributed by atoms with Gasteiger partial charge in [-0.25, -0.2) is 0 Å². The Morgan fingerprint density at radius 2 is 0.617 bits per heavy atom. The van der Waals surface area contributed by atoms with Crippen molar-refractivity contribution < 1.29 is 167 Å². The number of carbonyl (C=O) groups excluding carboxylic acids is 6. The lowest BCUT2D eigenvalue weighted by Crippen LogP contribution is -2.71. The van der Waals surface area contributed by atoms with E-state index in [1.807, 2.05) is 0 Å². The van der Waals surface area contributed by atoms with E-state index in [4.69, 9.17) is 61.6 Å². The first-order chi connectivity index (χ1) is 38.1. The minimum absolute atomic E-state index is 0.679. The van der Waals surface area contributed by atoms with Crippen LogP contribution >= 0.6 is 0 Å². The van der Waals surface area contributed by atoms with E-state index in [0.717, 1.165) is 35.0 Å². The Hall–Kier alpha value is -4.18. The molecule has 6 aliphatic heterocycles. The van der Waals surface area contributed by atoms with Crippen molar-refractivity contribution in [2.75, 3.05) is 34.0 Å². The Labute approximate surface area is 456 Å². The van der Waals surface area contributed by atoms with Gasteiger partial charge in [0.1, 0.15) is 146 Å². The van der Waals surface area contributed by atoms with Crippen molar-refractivity contribution in [2.24, 2.45) is 0 Å². The zero-order valence-electron chi connectivity index (χ0n) is 43.3. The maximum Gasteiger partial charge on any atom is 0.217 e. The van der Waals surface area contributed by atoms with Crippen LogP contribution in [-0.2, 0) is 90.3 Å². The van der Waals surface area contributed by atoms with Gasteiger partial charge in [-0.1, -0.05) is 0 Å². The van der Waals surface area contributed by atoms with E-state index in [2.05, 4.69) is 16.0 Å². The molecule has 6 fully saturated rings. The molecule has 30 unspecified atom stereocenters. The minimum Gasteiger partial charge on any atom is -0.547 e. The molecule has 0 radical (unpaired) electrons. The minimum atomic E-state index is -2.56. The summed E-state index contributed by atoms with van der Waals surface area (Å²) in [4.78, 5) is 74.0. The van der Waals surface area contributed by atoms with Crippen LogP contribution in [0.2, 0.25) is 0 Å². The van der Waals surface area contributed by atoms with Crippen LogP contribution in [0.3, 0.4) is 0 Å². The normalized spacial score (nSPS) is 45.7. The molecule has 0 aromatic heterocycles. The predicted molar refractivity (Wildman–Crippen MR) is 237 cm³/mol. The molecule has 6 saturated heterocycles. The molecular weight excluding hydrogens is 1110 g/mol. The fourth-order valence-electron chi connectivity index (χ4n) is 10.1. The van der Waals surface area contributed by atoms with Gasteiger partial charge in [-0.3, -0.25) is 14.4 Å². The van der Waals surface area contributed by atoms with Crippen LogP contribution in [0.25, 0.3) is 0 Å². The quantitative estimate of drug-likeness (QED) is 0.0507. The molecule has 30 atom stereocenters.